The molecule has 0 aliphatic rings. The van der Waals surface area contributed by atoms with Crippen LogP contribution in [0.2, 0.25) is 0 Å². The maximum Gasteiger partial charge on any atom is 0.319 e. The third-order valence-electron chi connectivity index (χ3n) is 2.51. The zero-order valence-electron chi connectivity index (χ0n) is 11.0. The first-order chi connectivity index (χ1) is 8.88. The molecule has 1 rings (SSSR count). The minimum atomic E-state index is -0.599. The maximum absolute atomic E-state index is 11.6. The van der Waals surface area contributed by atoms with Crippen molar-refractivity contribution in [1.29, 1.82) is 0 Å². The molecule has 0 saturated heterocycles. The molecule has 0 bridgehead atoms. The predicted molar refractivity (Wildman–Crippen MR) is 72.5 cm³/mol. The average Bonchev–Trinajstić information content (AvgIpc) is 2.27. The number of hydrogen-bond donors (Lipinski definition) is 4. The summed E-state index contributed by atoms with van der Waals surface area (Å²) in [5, 5.41) is 14.7. The lowest BCUT2D eigenvalue weighted by Gasteiger charge is -2.14. The molecule has 0 spiro atoms. The Kier molecular flexibility index (Phi) is 5.32. The number of urea groups is 1. The predicted octanol–water partition coefficient (Wildman–Crippen LogP) is 1.13. The van der Waals surface area contributed by atoms with Crippen LogP contribution in [0, 0.1) is 0 Å². The molecule has 6 heteroatoms. The molecular weight excluding hydrogens is 246 g/mol. The monoisotopic (exact) mass is 265 g/mol. The molecule has 0 aromatic heterocycles. The van der Waals surface area contributed by atoms with Crippen LogP contribution in [-0.2, 0) is 4.79 Å². The number of aliphatic hydroxyl groups is 1. The largest absolute Gasteiger partial charge is 0.389 e. The van der Waals surface area contributed by atoms with Crippen molar-refractivity contribution in [2.24, 2.45) is 5.73 Å². The fourth-order valence-electron chi connectivity index (χ4n) is 1.62. The second kappa shape index (κ2) is 6.75. The number of rotatable bonds is 5. The summed E-state index contributed by atoms with van der Waals surface area (Å²) in [6.07, 6.45) is -0.514. The molecule has 0 saturated carbocycles. The highest BCUT2D eigenvalue weighted by Crippen LogP contribution is 2.16. The summed E-state index contributed by atoms with van der Waals surface area (Å²) in [5.74, 6) is -0.469. The zero-order chi connectivity index (χ0) is 14.4. The maximum atomic E-state index is 11.6. The van der Waals surface area contributed by atoms with Crippen molar-refractivity contribution >= 4 is 17.6 Å². The van der Waals surface area contributed by atoms with Crippen LogP contribution in [0.15, 0.2) is 24.3 Å². The lowest BCUT2D eigenvalue weighted by atomic mass is 10.1. The Morgan fingerprint density at radius 3 is 2.63 bits per heavy atom. The average molecular weight is 265 g/mol. The summed E-state index contributed by atoms with van der Waals surface area (Å²) in [5.41, 5.74) is 6.32. The first kappa shape index (κ1) is 15.0. The molecule has 0 fully saturated rings. The zero-order valence-corrected chi connectivity index (χ0v) is 11.0. The lowest BCUT2D eigenvalue weighted by molar-refractivity contribution is -0.118. The van der Waals surface area contributed by atoms with Crippen LogP contribution in [0.5, 0.6) is 0 Å². The fraction of sp³-hybridized carbons (Fsp3) is 0.385. The Bertz CT molecular complexity index is 460. The molecule has 0 radical (unpaired) electrons. The Labute approximate surface area is 112 Å². The van der Waals surface area contributed by atoms with Crippen molar-refractivity contribution in [2.75, 3.05) is 5.32 Å². The van der Waals surface area contributed by atoms with E-state index >= 15 is 0 Å². The highest BCUT2D eigenvalue weighted by molar-refractivity contribution is 5.89. The molecule has 104 valence electrons. The van der Waals surface area contributed by atoms with Gasteiger partial charge in [-0.2, -0.15) is 0 Å². The number of hydrogen-bond acceptors (Lipinski definition) is 3. The topological polar surface area (TPSA) is 104 Å². The molecule has 0 aliphatic heterocycles. The molecule has 1 aromatic carbocycles. The molecule has 19 heavy (non-hydrogen) atoms. The number of benzene rings is 1. The van der Waals surface area contributed by atoms with Crippen molar-refractivity contribution in [2.45, 2.75) is 32.4 Å². The Morgan fingerprint density at radius 1 is 1.37 bits per heavy atom. The van der Waals surface area contributed by atoms with E-state index in [1.54, 1.807) is 38.1 Å². The smallest absolute Gasteiger partial charge is 0.319 e. The second-order valence-electron chi connectivity index (χ2n) is 4.47. The van der Waals surface area contributed by atoms with Gasteiger partial charge in [0.2, 0.25) is 5.91 Å². The van der Waals surface area contributed by atoms with Gasteiger partial charge in [-0.25, -0.2) is 4.79 Å². The van der Waals surface area contributed by atoms with Gasteiger partial charge in [-0.15, -0.1) is 0 Å². The Balaban J connectivity index is 2.57. The fourth-order valence-corrected chi connectivity index (χ4v) is 1.62. The van der Waals surface area contributed by atoms with Gasteiger partial charge in [0, 0.05) is 18.2 Å². The SMILES string of the molecule is CC(CC(N)=O)NC(=O)Nc1cccc(C(C)O)c1. The standard InChI is InChI=1S/C13H19N3O3/c1-8(6-12(14)18)15-13(19)16-11-5-3-4-10(7-11)9(2)17/h3-5,7-9,17H,6H2,1-2H3,(H2,14,18)(H2,15,16,19). The van der Waals surface area contributed by atoms with E-state index in [1.165, 1.54) is 0 Å². The molecule has 5 N–H and O–H groups in total. The highest BCUT2D eigenvalue weighted by atomic mass is 16.3. The van der Waals surface area contributed by atoms with Crippen LogP contribution < -0.4 is 16.4 Å². The van der Waals surface area contributed by atoms with Gasteiger partial charge < -0.3 is 21.5 Å². The van der Waals surface area contributed by atoms with Crippen LogP contribution in [0.25, 0.3) is 0 Å². The van der Waals surface area contributed by atoms with Crippen LogP contribution in [0.4, 0.5) is 10.5 Å². The van der Waals surface area contributed by atoms with Gasteiger partial charge in [0.05, 0.1) is 6.10 Å². The number of carbonyl (C=O) groups excluding carboxylic acids is 2. The van der Waals surface area contributed by atoms with E-state index in [0.29, 0.717) is 11.3 Å². The van der Waals surface area contributed by atoms with Gasteiger partial charge in [-0.05, 0) is 31.5 Å². The van der Waals surface area contributed by atoms with E-state index in [4.69, 9.17) is 5.73 Å². The number of anilines is 1. The highest BCUT2D eigenvalue weighted by Gasteiger charge is 2.10. The van der Waals surface area contributed by atoms with Gasteiger partial charge in [0.15, 0.2) is 0 Å². The molecule has 3 amide bonds. The quantitative estimate of drug-likeness (QED) is 0.641. The summed E-state index contributed by atoms with van der Waals surface area (Å²) >= 11 is 0. The minimum Gasteiger partial charge on any atom is -0.389 e. The van der Waals surface area contributed by atoms with Crippen molar-refractivity contribution in [1.82, 2.24) is 5.32 Å². The van der Waals surface area contributed by atoms with Crippen molar-refractivity contribution in [3.05, 3.63) is 29.8 Å². The van der Waals surface area contributed by atoms with Gasteiger partial charge in [-0.1, -0.05) is 12.1 Å². The van der Waals surface area contributed by atoms with Gasteiger partial charge >= 0.3 is 6.03 Å². The van der Waals surface area contributed by atoms with E-state index in [0.717, 1.165) is 0 Å². The van der Waals surface area contributed by atoms with Gasteiger partial charge in [-0.3, -0.25) is 4.79 Å². The summed E-state index contributed by atoms with van der Waals surface area (Å²) in [4.78, 5) is 22.3. The van der Waals surface area contributed by atoms with Crippen molar-refractivity contribution < 1.29 is 14.7 Å². The number of nitrogens with two attached hydrogens (primary N) is 1. The normalized spacial score (nSPS) is 13.4. The molecule has 0 aliphatic carbocycles. The molecular formula is C13H19N3O3. The third-order valence-corrected chi connectivity index (χ3v) is 2.51. The summed E-state index contributed by atoms with van der Waals surface area (Å²) < 4.78 is 0. The van der Waals surface area contributed by atoms with E-state index < -0.39 is 18.0 Å². The summed E-state index contributed by atoms with van der Waals surface area (Å²) in [7, 11) is 0. The van der Waals surface area contributed by atoms with Crippen molar-refractivity contribution in [3.8, 4) is 0 Å². The molecule has 0 heterocycles. The van der Waals surface area contributed by atoms with E-state index in [9.17, 15) is 14.7 Å². The third kappa shape index (κ3) is 5.39. The van der Waals surface area contributed by atoms with Crippen LogP contribution in [-0.4, -0.2) is 23.1 Å². The molecule has 2 unspecified atom stereocenters. The van der Waals surface area contributed by atoms with Crippen LogP contribution in [0.3, 0.4) is 0 Å². The number of aliphatic hydroxyl groups excluding tert-OH is 1. The van der Waals surface area contributed by atoms with Crippen LogP contribution >= 0.6 is 0 Å². The molecule has 1 aromatic rings. The van der Waals surface area contributed by atoms with E-state index in [2.05, 4.69) is 10.6 Å². The summed E-state index contributed by atoms with van der Waals surface area (Å²) in [6, 6.07) is 6.15. The van der Waals surface area contributed by atoms with Crippen molar-refractivity contribution in [3.63, 3.8) is 0 Å². The van der Waals surface area contributed by atoms with E-state index in [-0.39, 0.29) is 12.5 Å². The second-order valence-corrected chi connectivity index (χ2v) is 4.47. The minimum absolute atomic E-state index is 0.0845. The van der Waals surface area contributed by atoms with Gasteiger partial charge in [0.1, 0.15) is 0 Å². The Morgan fingerprint density at radius 2 is 2.05 bits per heavy atom. The van der Waals surface area contributed by atoms with Crippen LogP contribution in [0.1, 0.15) is 31.9 Å². The molecule has 2 atom stereocenters. The van der Waals surface area contributed by atoms with Gasteiger partial charge in [0.25, 0.3) is 0 Å². The number of carbonyl (C=O) groups is 2. The first-order valence-corrected chi connectivity index (χ1v) is 6.02. The number of amides is 3. The summed E-state index contributed by atoms with van der Waals surface area (Å²) in [6.45, 7) is 3.34. The first-order valence-electron chi connectivity index (χ1n) is 6.02. The molecule has 6 nitrogen and oxygen atoms in total. The number of primary amides is 1. The number of nitrogens with one attached hydrogen (secondary N) is 2. The Hall–Kier alpha value is -2.08. The van der Waals surface area contributed by atoms with E-state index in [1.807, 2.05) is 0 Å². The lowest BCUT2D eigenvalue weighted by Crippen LogP contribution is -2.38.